The first-order chi connectivity index (χ1) is 10.0. The number of phenols is 1. The number of phenolic OH excluding ortho intramolecular Hbond substituents is 1. The van der Waals surface area contributed by atoms with Gasteiger partial charge in [-0.2, -0.15) is 0 Å². The highest BCUT2D eigenvalue weighted by Gasteiger charge is 2.12. The Labute approximate surface area is 132 Å². The fraction of sp³-hybridized carbons (Fsp3) is 0.133. The first kappa shape index (κ1) is 15.5. The van der Waals surface area contributed by atoms with Gasteiger partial charge in [-0.25, -0.2) is 0 Å². The summed E-state index contributed by atoms with van der Waals surface area (Å²) >= 11 is 11.6. The van der Waals surface area contributed by atoms with Crippen molar-refractivity contribution in [2.24, 2.45) is 0 Å². The molecule has 0 aliphatic rings. The third-order valence-corrected chi connectivity index (χ3v) is 3.49. The fourth-order valence-corrected chi connectivity index (χ4v) is 2.31. The van der Waals surface area contributed by atoms with E-state index in [0.717, 1.165) is 5.56 Å². The van der Waals surface area contributed by atoms with Crippen LogP contribution in [0.1, 0.15) is 15.9 Å². The number of hydrogen-bond acceptors (Lipinski definition) is 3. The van der Waals surface area contributed by atoms with Gasteiger partial charge in [0.25, 0.3) is 5.91 Å². The molecule has 2 rings (SSSR count). The number of benzene rings is 2. The minimum Gasteiger partial charge on any atom is -0.505 e. The smallest absolute Gasteiger partial charge is 0.251 e. The van der Waals surface area contributed by atoms with Crippen molar-refractivity contribution in [1.82, 2.24) is 5.32 Å². The Hall–Kier alpha value is -1.91. The number of para-hydroxylation sites is 1. The second-order valence-corrected chi connectivity index (χ2v) is 5.10. The lowest BCUT2D eigenvalue weighted by Crippen LogP contribution is -2.23. The van der Waals surface area contributed by atoms with Gasteiger partial charge in [0.1, 0.15) is 5.75 Å². The monoisotopic (exact) mass is 325 g/mol. The van der Waals surface area contributed by atoms with E-state index in [1.54, 1.807) is 7.11 Å². The van der Waals surface area contributed by atoms with Crippen molar-refractivity contribution in [1.29, 1.82) is 0 Å². The molecule has 0 spiro atoms. The van der Waals surface area contributed by atoms with Crippen LogP contribution in [-0.2, 0) is 6.54 Å². The number of carbonyl (C=O) groups is 1. The molecule has 2 aromatic rings. The quantitative estimate of drug-likeness (QED) is 0.902. The van der Waals surface area contributed by atoms with Crippen molar-refractivity contribution in [2.45, 2.75) is 6.54 Å². The fourth-order valence-electron chi connectivity index (χ4n) is 1.82. The van der Waals surface area contributed by atoms with E-state index in [0.29, 0.717) is 12.3 Å². The molecule has 0 unspecified atom stereocenters. The normalized spacial score (nSPS) is 10.2. The molecule has 2 N–H and O–H groups in total. The van der Waals surface area contributed by atoms with Crippen molar-refractivity contribution in [3.05, 3.63) is 57.6 Å². The summed E-state index contributed by atoms with van der Waals surface area (Å²) < 4.78 is 5.21. The zero-order valence-corrected chi connectivity index (χ0v) is 12.7. The highest BCUT2D eigenvalue weighted by molar-refractivity contribution is 6.37. The van der Waals surface area contributed by atoms with E-state index in [1.165, 1.54) is 12.1 Å². The molecule has 2 aromatic carbocycles. The van der Waals surface area contributed by atoms with Crippen molar-refractivity contribution < 1.29 is 14.6 Å². The molecule has 0 fully saturated rings. The second kappa shape index (κ2) is 6.70. The summed E-state index contributed by atoms with van der Waals surface area (Å²) in [7, 11) is 1.57. The van der Waals surface area contributed by atoms with E-state index in [-0.39, 0.29) is 27.3 Å². The van der Waals surface area contributed by atoms with Gasteiger partial charge in [-0.15, -0.1) is 0 Å². The standard InChI is InChI=1S/C15H13Cl2NO3/c1-21-13-5-3-2-4-9(13)8-18-15(20)10-6-11(16)14(19)12(17)7-10/h2-7,19H,8H2,1H3,(H,18,20). The van der Waals surface area contributed by atoms with E-state index in [2.05, 4.69) is 5.32 Å². The maximum Gasteiger partial charge on any atom is 0.251 e. The highest BCUT2D eigenvalue weighted by atomic mass is 35.5. The lowest BCUT2D eigenvalue weighted by atomic mass is 10.1. The van der Waals surface area contributed by atoms with Gasteiger partial charge in [-0.3, -0.25) is 4.79 Å². The molecular weight excluding hydrogens is 313 g/mol. The second-order valence-electron chi connectivity index (χ2n) is 4.28. The molecule has 0 aliphatic heterocycles. The number of carbonyl (C=O) groups excluding carboxylic acids is 1. The van der Waals surface area contributed by atoms with E-state index in [4.69, 9.17) is 27.9 Å². The van der Waals surface area contributed by atoms with Crippen molar-refractivity contribution in [3.63, 3.8) is 0 Å². The molecule has 0 aromatic heterocycles. The zero-order valence-electron chi connectivity index (χ0n) is 11.2. The Morgan fingerprint density at radius 3 is 2.48 bits per heavy atom. The topological polar surface area (TPSA) is 58.6 Å². The maximum absolute atomic E-state index is 12.1. The van der Waals surface area contributed by atoms with Crippen LogP contribution in [0.3, 0.4) is 0 Å². The molecule has 0 heterocycles. The number of methoxy groups -OCH3 is 1. The molecule has 0 radical (unpaired) electrons. The first-order valence-electron chi connectivity index (χ1n) is 6.11. The van der Waals surface area contributed by atoms with E-state index >= 15 is 0 Å². The van der Waals surface area contributed by atoms with Gasteiger partial charge in [-0.05, 0) is 18.2 Å². The van der Waals surface area contributed by atoms with Crippen LogP contribution in [0.15, 0.2) is 36.4 Å². The molecule has 1 amide bonds. The molecule has 6 heteroatoms. The van der Waals surface area contributed by atoms with Crippen LogP contribution in [0.4, 0.5) is 0 Å². The first-order valence-corrected chi connectivity index (χ1v) is 6.86. The lowest BCUT2D eigenvalue weighted by molar-refractivity contribution is 0.0950. The molecule has 0 saturated carbocycles. The van der Waals surface area contributed by atoms with E-state index < -0.39 is 0 Å². The van der Waals surface area contributed by atoms with Crippen LogP contribution in [-0.4, -0.2) is 18.1 Å². The molecule has 110 valence electrons. The summed E-state index contributed by atoms with van der Waals surface area (Å²) in [6.45, 7) is 0.305. The van der Waals surface area contributed by atoms with E-state index in [9.17, 15) is 9.90 Å². The van der Waals surface area contributed by atoms with Crippen LogP contribution in [0.5, 0.6) is 11.5 Å². The van der Waals surface area contributed by atoms with Gasteiger partial charge in [0.15, 0.2) is 5.75 Å². The van der Waals surface area contributed by atoms with Crippen LogP contribution in [0, 0.1) is 0 Å². The van der Waals surface area contributed by atoms with Crippen molar-refractivity contribution in [3.8, 4) is 11.5 Å². The molecule has 0 bridgehead atoms. The number of nitrogens with one attached hydrogen (secondary N) is 1. The minimum atomic E-state index is -0.343. The maximum atomic E-state index is 12.1. The van der Waals surface area contributed by atoms with Crippen LogP contribution < -0.4 is 10.1 Å². The van der Waals surface area contributed by atoms with Gasteiger partial charge in [0.05, 0.1) is 17.2 Å². The SMILES string of the molecule is COc1ccccc1CNC(=O)c1cc(Cl)c(O)c(Cl)c1. The van der Waals surface area contributed by atoms with Gasteiger partial charge in [-0.1, -0.05) is 41.4 Å². The minimum absolute atomic E-state index is 0.0324. The molecule has 0 aliphatic carbocycles. The predicted octanol–water partition coefficient (Wildman–Crippen LogP) is 3.64. The van der Waals surface area contributed by atoms with Gasteiger partial charge in [0.2, 0.25) is 0 Å². The summed E-state index contributed by atoms with van der Waals surface area (Å²) in [6.07, 6.45) is 0. The predicted molar refractivity (Wildman–Crippen MR) is 82.3 cm³/mol. The number of halogens is 2. The average molecular weight is 326 g/mol. The van der Waals surface area contributed by atoms with Crippen LogP contribution in [0.2, 0.25) is 10.0 Å². The summed E-state index contributed by atoms with van der Waals surface area (Å²) in [4.78, 5) is 12.1. The third-order valence-electron chi connectivity index (χ3n) is 2.91. The van der Waals surface area contributed by atoms with Crippen LogP contribution in [0.25, 0.3) is 0 Å². The number of hydrogen-bond donors (Lipinski definition) is 2. The van der Waals surface area contributed by atoms with Gasteiger partial charge >= 0.3 is 0 Å². The summed E-state index contributed by atoms with van der Waals surface area (Å²) in [5, 5.41) is 12.3. The molecular formula is C15H13Cl2NO3. The zero-order chi connectivity index (χ0) is 15.4. The highest BCUT2D eigenvalue weighted by Crippen LogP contribution is 2.32. The van der Waals surface area contributed by atoms with Gasteiger partial charge < -0.3 is 15.2 Å². The number of ether oxygens (including phenoxy) is 1. The average Bonchev–Trinajstić information content (AvgIpc) is 2.49. The summed E-state index contributed by atoms with van der Waals surface area (Å²) in [6, 6.07) is 10.1. The Kier molecular flexibility index (Phi) is 4.94. The molecule has 0 saturated heterocycles. The van der Waals surface area contributed by atoms with Crippen LogP contribution >= 0.6 is 23.2 Å². The molecule has 4 nitrogen and oxygen atoms in total. The largest absolute Gasteiger partial charge is 0.505 e. The van der Waals surface area contributed by atoms with Gasteiger partial charge in [0, 0.05) is 17.7 Å². The Bertz CT molecular complexity index is 651. The summed E-state index contributed by atoms with van der Waals surface area (Å²) in [5.41, 5.74) is 1.13. The number of rotatable bonds is 4. The van der Waals surface area contributed by atoms with E-state index in [1.807, 2.05) is 24.3 Å². The molecule has 21 heavy (non-hydrogen) atoms. The lowest BCUT2D eigenvalue weighted by Gasteiger charge is -2.10. The van der Waals surface area contributed by atoms with Crippen molar-refractivity contribution >= 4 is 29.1 Å². The number of amides is 1. The number of aromatic hydroxyl groups is 1. The Morgan fingerprint density at radius 1 is 1.24 bits per heavy atom. The third kappa shape index (κ3) is 3.60. The summed E-state index contributed by atoms with van der Waals surface area (Å²) in [5.74, 6) is 0.115. The Morgan fingerprint density at radius 2 is 1.86 bits per heavy atom. The molecule has 0 atom stereocenters. The van der Waals surface area contributed by atoms with Crippen molar-refractivity contribution in [2.75, 3.05) is 7.11 Å². The Balaban J connectivity index is 2.12.